The maximum atomic E-state index is 13.1. The molecule has 0 saturated heterocycles. The van der Waals surface area contributed by atoms with Gasteiger partial charge in [-0.15, -0.1) is 0 Å². The predicted octanol–water partition coefficient (Wildman–Crippen LogP) is 1.50. The number of imidazole rings is 1. The number of nitrogens with zero attached hydrogens (tertiary/aromatic N) is 4. The van der Waals surface area contributed by atoms with Gasteiger partial charge in [-0.3, -0.25) is 13.9 Å². The van der Waals surface area contributed by atoms with Gasteiger partial charge in [0.15, 0.2) is 11.2 Å². The first-order valence-corrected chi connectivity index (χ1v) is 8.91. The van der Waals surface area contributed by atoms with E-state index in [0.717, 1.165) is 38.5 Å². The molecule has 1 atom stereocenters. The van der Waals surface area contributed by atoms with E-state index in [2.05, 4.69) is 4.98 Å². The fraction of sp³-hybridized carbons (Fsp3) is 0.706. The lowest BCUT2D eigenvalue weighted by molar-refractivity contribution is 0.174. The summed E-state index contributed by atoms with van der Waals surface area (Å²) >= 11 is 0. The van der Waals surface area contributed by atoms with Gasteiger partial charge in [0.2, 0.25) is 0 Å². The van der Waals surface area contributed by atoms with Gasteiger partial charge in [0.25, 0.3) is 5.56 Å². The van der Waals surface area contributed by atoms with Crippen molar-refractivity contribution < 1.29 is 5.11 Å². The molecule has 2 aliphatic carbocycles. The number of rotatable bonds is 4. The normalized spacial score (nSPS) is 20.1. The van der Waals surface area contributed by atoms with E-state index < -0.39 is 6.10 Å². The molecule has 130 valence electrons. The van der Waals surface area contributed by atoms with Gasteiger partial charge in [-0.25, -0.2) is 9.78 Å². The zero-order valence-corrected chi connectivity index (χ0v) is 14.2. The van der Waals surface area contributed by atoms with Gasteiger partial charge in [0, 0.05) is 12.1 Å². The van der Waals surface area contributed by atoms with Crippen molar-refractivity contribution in [3.8, 4) is 0 Å². The van der Waals surface area contributed by atoms with Gasteiger partial charge < -0.3 is 9.67 Å². The van der Waals surface area contributed by atoms with Crippen LogP contribution in [0.5, 0.6) is 0 Å². The Hall–Kier alpha value is -1.89. The summed E-state index contributed by atoms with van der Waals surface area (Å²) in [6.45, 7) is 3.83. The molecule has 7 heteroatoms. The maximum absolute atomic E-state index is 13.1. The third kappa shape index (κ3) is 2.17. The minimum atomic E-state index is -0.582. The molecule has 0 aliphatic heterocycles. The van der Waals surface area contributed by atoms with E-state index >= 15 is 0 Å². The molecule has 2 saturated carbocycles. The van der Waals surface area contributed by atoms with Crippen LogP contribution in [0.2, 0.25) is 0 Å². The van der Waals surface area contributed by atoms with Crippen molar-refractivity contribution in [3.63, 3.8) is 0 Å². The van der Waals surface area contributed by atoms with Crippen LogP contribution >= 0.6 is 0 Å². The van der Waals surface area contributed by atoms with Crippen molar-refractivity contribution in [2.75, 3.05) is 0 Å². The topological polar surface area (TPSA) is 82.0 Å². The first-order chi connectivity index (χ1) is 11.5. The SMILES string of the molecule is Cc1nc2c(c(=O)n(C3CCC3)c(=O)n2C2CCC2)n1CC(C)O. The molecule has 0 spiro atoms. The van der Waals surface area contributed by atoms with Crippen LogP contribution in [-0.4, -0.2) is 29.9 Å². The average molecular weight is 332 g/mol. The van der Waals surface area contributed by atoms with Crippen LogP contribution in [0, 0.1) is 6.92 Å². The van der Waals surface area contributed by atoms with Crippen molar-refractivity contribution in [3.05, 3.63) is 26.7 Å². The molecular weight excluding hydrogens is 308 g/mol. The van der Waals surface area contributed by atoms with Gasteiger partial charge in [-0.2, -0.15) is 0 Å². The zero-order valence-electron chi connectivity index (χ0n) is 14.2. The van der Waals surface area contributed by atoms with E-state index in [0.29, 0.717) is 23.5 Å². The highest BCUT2D eigenvalue weighted by Crippen LogP contribution is 2.34. The van der Waals surface area contributed by atoms with Gasteiger partial charge in [-0.1, -0.05) is 0 Å². The fourth-order valence-corrected chi connectivity index (χ4v) is 3.76. The molecule has 0 amide bonds. The molecule has 2 aromatic rings. The standard InChI is InChI=1S/C17H24N4O3/c1-10(22)9-19-11(2)18-15-14(19)16(23)21(13-7-4-8-13)17(24)20(15)12-5-3-6-12/h10,12-13,22H,3-9H2,1-2H3. The number of aryl methyl sites for hydroxylation is 1. The van der Waals surface area contributed by atoms with Crippen LogP contribution in [0.1, 0.15) is 63.4 Å². The second-order valence-corrected chi connectivity index (χ2v) is 7.29. The highest BCUT2D eigenvalue weighted by Gasteiger charge is 2.31. The molecule has 1 unspecified atom stereocenters. The van der Waals surface area contributed by atoms with Crippen LogP contribution < -0.4 is 11.2 Å². The highest BCUT2D eigenvalue weighted by atomic mass is 16.3. The number of aliphatic hydroxyl groups excluding tert-OH is 1. The average Bonchev–Trinajstić information content (AvgIpc) is 2.71. The van der Waals surface area contributed by atoms with E-state index in [1.165, 1.54) is 4.57 Å². The molecule has 0 radical (unpaired) electrons. The Morgan fingerprint density at radius 1 is 1.12 bits per heavy atom. The molecular formula is C17H24N4O3. The zero-order chi connectivity index (χ0) is 17.0. The van der Waals surface area contributed by atoms with E-state index in [1.807, 2.05) is 6.92 Å². The molecule has 2 heterocycles. The largest absolute Gasteiger partial charge is 0.392 e. The summed E-state index contributed by atoms with van der Waals surface area (Å²) in [5, 5.41) is 9.80. The summed E-state index contributed by atoms with van der Waals surface area (Å²) in [7, 11) is 0. The third-order valence-corrected chi connectivity index (χ3v) is 5.53. The first-order valence-electron chi connectivity index (χ1n) is 8.91. The van der Waals surface area contributed by atoms with E-state index in [-0.39, 0.29) is 23.3 Å². The van der Waals surface area contributed by atoms with Gasteiger partial charge >= 0.3 is 5.69 Å². The summed E-state index contributed by atoms with van der Waals surface area (Å²) in [6.07, 6.45) is 5.27. The Morgan fingerprint density at radius 3 is 2.21 bits per heavy atom. The fourth-order valence-electron chi connectivity index (χ4n) is 3.76. The summed E-state index contributed by atoms with van der Waals surface area (Å²) in [5.41, 5.74) is 0.496. The lowest BCUT2D eigenvalue weighted by Crippen LogP contribution is -2.46. The van der Waals surface area contributed by atoms with Gasteiger partial charge in [0.05, 0.1) is 12.6 Å². The van der Waals surface area contributed by atoms with Crippen LogP contribution in [0.3, 0.4) is 0 Å². The summed E-state index contributed by atoms with van der Waals surface area (Å²) in [4.78, 5) is 30.7. The third-order valence-electron chi connectivity index (χ3n) is 5.53. The van der Waals surface area contributed by atoms with Crippen LogP contribution in [0.15, 0.2) is 9.59 Å². The molecule has 0 aromatic carbocycles. The minimum Gasteiger partial charge on any atom is -0.392 e. The predicted molar refractivity (Wildman–Crippen MR) is 90.4 cm³/mol. The van der Waals surface area contributed by atoms with E-state index in [4.69, 9.17) is 0 Å². The summed E-state index contributed by atoms with van der Waals surface area (Å²) in [5.74, 6) is 0.668. The van der Waals surface area contributed by atoms with E-state index in [9.17, 15) is 14.7 Å². The summed E-state index contributed by atoms with van der Waals surface area (Å²) < 4.78 is 4.96. The Balaban J connectivity index is 2.05. The van der Waals surface area contributed by atoms with Crippen molar-refractivity contribution in [2.45, 2.75) is 77.1 Å². The number of hydrogen-bond acceptors (Lipinski definition) is 4. The second kappa shape index (κ2) is 5.58. The maximum Gasteiger partial charge on any atom is 0.333 e. The Morgan fingerprint density at radius 2 is 1.71 bits per heavy atom. The number of aliphatic hydroxyl groups is 1. The smallest absolute Gasteiger partial charge is 0.333 e. The van der Waals surface area contributed by atoms with Crippen molar-refractivity contribution in [2.24, 2.45) is 0 Å². The van der Waals surface area contributed by atoms with Crippen molar-refractivity contribution >= 4 is 11.2 Å². The van der Waals surface area contributed by atoms with Crippen LogP contribution in [-0.2, 0) is 6.54 Å². The van der Waals surface area contributed by atoms with Crippen molar-refractivity contribution in [1.29, 1.82) is 0 Å². The lowest BCUT2D eigenvalue weighted by Gasteiger charge is -2.31. The highest BCUT2D eigenvalue weighted by molar-refractivity contribution is 5.71. The monoisotopic (exact) mass is 332 g/mol. The molecule has 2 aliphatic rings. The molecule has 4 rings (SSSR count). The summed E-state index contributed by atoms with van der Waals surface area (Å²) in [6, 6.07) is 0.150. The molecule has 7 nitrogen and oxygen atoms in total. The minimum absolute atomic E-state index is 0.0101. The molecule has 24 heavy (non-hydrogen) atoms. The van der Waals surface area contributed by atoms with Crippen molar-refractivity contribution in [1.82, 2.24) is 18.7 Å². The quantitative estimate of drug-likeness (QED) is 0.920. The van der Waals surface area contributed by atoms with E-state index in [1.54, 1.807) is 16.1 Å². The Labute approximate surface area is 139 Å². The van der Waals surface area contributed by atoms with Gasteiger partial charge in [0.1, 0.15) is 5.82 Å². The second-order valence-electron chi connectivity index (χ2n) is 7.29. The lowest BCUT2D eigenvalue weighted by atomic mass is 9.92. The Bertz CT molecular complexity index is 897. The number of hydrogen-bond donors (Lipinski definition) is 1. The molecule has 0 bridgehead atoms. The molecule has 1 N–H and O–H groups in total. The molecule has 2 aromatic heterocycles. The molecule has 2 fully saturated rings. The van der Waals surface area contributed by atoms with Crippen LogP contribution in [0.25, 0.3) is 11.2 Å². The Kier molecular flexibility index (Phi) is 3.63. The number of aromatic nitrogens is 4. The van der Waals surface area contributed by atoms with Gasteiger partial charge in [-0.05, 0) is 52.4 Å². The van der Waals surface area contributed by atoms with Crippen LogP contribution in [0.4, 0.5) is 0 Å². The number of fused-ring (bicyclic) bond motifs is 1. The first kappa shape index (κ1) is 15.6.